The average molecular weight is 393 g/mol. The molecule has 2 amide bonds. The Bertz CT molecular complexity index is 953. The van der Waals surface area contributed by atoms with Crippen LogP contribution in [0.25, 0.3) is 5.57 Å². The van der Waals surface area contributed by atoms with Gasteiger partial charge in [-0.3, -0.25) is 9.59 Å². The number of benzene rings is 2. The van der Waals surface area contributed by atoms with Crippen molar-refractivity contribution in [2.75, 3.05) is 12.0 Å². The third kappa shape index (κ3) is 3.71. The number of allylic oxidation sites excluding steroid dienone is 1. The van der Waals surface area contributed by atoms with Gasteiger partial charge in [0.15, 0.2) is 0 Å². The van der Waals surface area contributed by atoms with Gasteiger partial charge in [0.1, 0.15) is 5.75 Å². The number of imide groups is 1. The van der Waals surface area contributed by atoms with Crippen LogP contribution in [0.5, 0.6) is 5.75 Å². The smallest absolute Gasteiger partial charge is 0.416 e. The van der Waals surface area contributed by atoms with Crippen molar-refractivity contribution in [3.8, 4) is 5.75 Å². The molecule has 0 unspecified atom stereocenters. The fourth-order valence-electron chi connectivity index (χ4n) is 2.63. The van der Waals surface area contributed by atoms with Gasteiger partial charge in [0, 0.05) is 0 Å². The second-order valence-corrected chi connectivity index (χ2v) is 6.70. The number of hydrogen-bond acceptors (Lipinski definition) is 4. The summed E-state index contributed by atoms with van der Waals surface area (Å²) >= 11 is 0.701. The number of amides is 2. The van der Waals surface area contributed by atoms with Crippen LogP contribution in [0.4, 0.5) is 23.7 Å². The fraction of sp³-hybridized carbons (Fsp3) is 0.158. The maximum Gasteiger partial charge on any atom is 0.416 e. The summed E-state index contributed by atoms with van der Waals surface area (Å²) in [7, 11) is 1.51. The summed E-state index contributed by atoms with van der Waals surface area (Å²) in [6.07, 6.45) is -4.57. The van der Waals surface area contributed by atoms with Crippen molar-refractivity contribution in [3.63, 3.8) is 0 Å². The molecular formula is C19H14F3NO3S. The average Bonchev–Trinajstić information content (AvgIpc) is 2.94. The van der Waals surface area contributed by atoms with Gasteiger partial charge < -0.3 is 4.74 Å². The molecule has 0 radical (unpaired) electrons. The minimum absolute atomic E-state index is 0.110. The molecule has 0 saturated carbocycles. The zero-order valence-electron chi connectivity index (χ0n) is 14.3. The lowest BCUT2D eigenvalue weighted by molar-refractivity contribution is -0.137. The van der Waals surface area contributed by atoms with E-state index >= 15 is 0 Å². The van der Waals surface area contributed by atoms with Gasteiger partial charge in [-0.25, -0.2) is 4.90 Å². The SMILES string of the molecule is COc1cccc(/C(C)=C2\SC(=O)N(c3cccc(C(F)(F)F)c3)C2=O)c1. The molecule has 0 N–H and O–H groups in total. The van der Waals surface area contributed by atoms with Gasteiger partial charge in [0.2, 0.25) is 0 Å². The van der Waals surface area contributed by atoms with Crippen molar-refractivity contribution in [1.29, 1.82) is 0 Å². The molecule has 27 heavy (non-hydrogen) atoms. The first kappa shape index (κ1) is 19.0. The van der Waals surface area contributed by atoms with E-state index in [9.17, 15) is 22.8 Å². The molecule has 1 aliphatic heterocycles. The molecule has 3 rings (SSSR count). The number of nitrogens with zero attached hydrogens (tertiary/aromatic N) is 1. The largest absolute Gasteiger partial charge is 0.497 e. The van der Waals surface area contributed by atoms with Crippen molar-refractivity contribution >= 4 is 34.2 Å². The van der Waals surface area contributed by atoms with E-state index in [4.69, 9.17) is 4.74 Å². The molecular weight excluding hydrogens is 379 g/mol. The maximum absolute atomic E-state index is 12.9. The first-order valence-electron chi connectivity index (χ1n) is 7.81. The van der Waals surface area contributed by atoms with Crippen LogP contribution in [-0.2, 0) is 11.0 Å². The van der Waals surface area contributed by atoms with Crippen molar-refractivity contribution in [3.05, 3.63) is 64.6 Å². The highest BCUT2D eigenvalue weighted by Crippen LogP contribution is 2.40. The number of halogens is 3. The number of methoxy groups -OCH3 is 1. The summed E-state index contributed by atoms with van der Waals surface area (Å²) in [6, 6.07) is 11.1. The lowest BCUT2D eigenvalue weighted by Gasteiger charge is -2.15. The van der Waals surface area contributed by atoms with Crippen molar-refractivity contribution < 1.29 is 27.5 Å². The van der Waals surface area contributed by atoms with E-state index in [0.29, 0.717) is 28.6 Å². The van der Waals surface area contributed by atoms with Gasteiger partial charge >= 0.3 is 6.18 Å². The Labute approximate surface area is 157 Å². The molecule has 2 aromatic rings. The third-order valence-electron chi connectivity index (χ3n) is 4.04. The zero-order chi connectivity index (χ0) is 19.8. The number of carbonyl (C=O) groups excluding carboxylic acids is 2. The van der Waals surface area contributed by atoms with Gasteiger partial charge in [0.25, 0.3) is 11.1 Å². The standard InChI is InChI=1S/C19H14F3NO3S/c1-11(12-5-3-8-15(9-12)26-2)16-17(24)23(18(25)27-16)14-7-4-6-13(10-14)19(20,21)22/h3-10H,1-2H3/b16-11-. The molecule has 0 spiro atoms. The van der Waals surface area contributed by atoms with E-state index < -0.39 is 22.9 Å². The van der Waals surface area contributed by atoms with Crippen LogP contribution in [0, 0.1) is 0 Å². The second-order valence-electron chi connectivity index (χ2n) is 5.74. The summed E-state index contributed by atoms with van der Waals surface area (Å²) < 4.78 is 43.9. The molecule has 1 heterocycles. The first-order chi connectivity index (χ1) is 12.7. The van der Waals surface area contributed by atoms with E-state index in [0.717, 1.165) is 17.0 Å². The molecule has 1 saturated heterocycles. The van der Waals surface area contributed by atoms with E-state index in [-0.39, 0.29) is 10.6 Å². The number of anilines is 1. The van der Waals surface area contributed by atoms with Crippen LogP contribution in [0.1, 0.15) is 18.1 Å². The minimum atomic E-state index is -4.57. The molecule has 0 aliphatic carbocycles. The molecule has 0 atom stereocenters. The van der Waals surface area contributed by atoms with E-state index in [2.05, 4.69) is 0 Å². The Kier molecular flexibility index (Phi) is 5.01. The summed E-state index contributed by atoms with van der Waals surface area (Å²) in [5, 5.41) is -0.642. The predicted octanol–water partition coefficient (Wildman–Crippen LogP) is 5.35. The summed E-state index contributed by atoms with van der Waals surface area (Å²) in [4.78, 5) is 26.0. The molecule has 1 aliphatic rings. The molecule has 8 heteroatoms. The second kappa shape index (κ2) is 7.11. The maximum atomic E-state index is 12.9. The summed E-state index contributed by atoms with van der Waals surface area (Å²) in [6.45, 7) is 1.68. The van der Waals surface area contributed by atoms with Gasteiger partial charge in [-0.1, -0.05) is 18.2 Å². The topological polar surface area (TPSA) is 46.6 Å². The Morgan fingerprint density at radius 1 is 1.07 bits per heavy atom. The van der Waals surface area contributed by atoms with E-state index in [1.807, 2.05) is 0 Å². The molecule has 1 fully saturated rings. The highest BCUT2D eigenvalue weighted by molar-refractivity contribution is 8.19. The molecule has 0 bridgehead atoms. The van der Waals surface area contributed by atoms with Crippen molar-refractivity contribution in [2.45, 2.75) is 13.1 Å². The summed E-state index contributed by atoms with van der Waals surface area (Å²) in [5.74, 6) is -0.0615. The lowest BCUT2D eigenvalue weighted by Crippen LogP contribution is -2.28. The minimum Gasteiger partial charge on any atom is -0.497 e. The van der Waals surface area contributed by atoms with Gasteiger partial charge in [-0.05, 0) is 60.2 Å². The van der Waals surface area contributed by atoms with Crippen LogP contribution in [0.2, 0.25) is 0 Å². The van der Waals surface area contributed by atoms with Gasteiger partial charge in [0.05, 0.1) is 23.3 Å². The highest BCUT2D eigenvalue weighted by Gasteiger charge is 2.39. The fourth-order valence-corrected chi connectivity index (χ4v) is 3.53. The number of rotatable bonds is 3. The normalized spacial score (nSPS) is 16.7. The van der Waals surface area contributed by atoms with Crippen LogP contribution in [-0.4, -0.2) is 18.3 Å². The number of hydrogen-bond donors (Lipinski definition) is 0. The molecule has 4 nitrogen and oxygen atoms in total. The van der Waals surface area contributed by atoms with Crippen molar-refractivity contribution in [1.82, 2.24) is 0 Å². The number of ether oxygens (including phenoxy) is 1. The van der Waals surface area contributed by atoms with Crippen molar-refractivity contribution in [2.24, 2.45) is 0 Å². The summed E-state index contributed by atoms with van der Waals surface area (Å²) in [5.41, 5.74) is 0.198. The molecule has 0 aromatic heterocycles. The van der Waals surface area contributed by atoms with Crippen LogP contribution >= 0.6 is 11.8 Å². The van der Waals surface area contributed by atoms with E-state index in [1.54, 1.807) is 31.2 Å². The number of thioether (sulfide) groups is 1. The zero-order valence-corrected chi connectivity index (χ0v) is 15.1. The number of carbonyl (C=O) groups is 2. The monoisotopic (exact) mass is 393 g/mol. The van der Waals surface area contributed by atoms with Gasteiger partial charge in [-0.2, -0.15) is 13.2 Å². The number of alkyl halides is 3. The first-order valence-corrected chi connectivity index (χ1v) is 8.63. The quantitative estimate of drug-likeness (QED) is 0.660. The Balaban J connectivity index is 2.00. The lowest BCUT2D eigenvalue weighted by atomic mass is 10.1. The van der Waals surface area contributed by atoms with Crippen LogP contribution < -0.4 is 9.64 Å². The van der Waals surface area contributed by atoms with Crippen LogP contribution in [0.15, 0.2) is 53.4 Å². The molecule has 140 valence electrons. The Morgan fingerprint density at radius 3 is 2.44 bits per heavy atom. The van der Waals surface area contributed by atoms with Crippen LogP contribution in [0.3, 0.4) is 0 Å². The highest BCUT2D eigenvalue weighted by atomic mass is 32.2. The Morgan fingerprint density at radius 2 is 1.78 bits per heavy atom. The Hall–Kier alpha value is -2.74. The van der Waals surface area contributed by atoms with Gasteiger partial charge in [-0.15, -0.1) is 0 Å². The predicted molar refractivity (Wildman–Crippen MR) is 97.5 cm³/mol. The third-order valence-corrected chi connectivity index (χ3v) is 5.09. The molecule has 2 aromatic carbocycles. The van der Waals surface area contributed by atoms with E-state index in [1.165, 1.54) is 19.2 Å².